The number of imidazole rings is 1. The van der Waals surface area contributed by atoms with Crippen molar-refractivity contribution in [2.24, 2.45) is 0 Å². The van der Waals surface area contributed by atoms with Crippen LogP contribution in [0.5, 0.6) is 0 Å². The Morgan fingerprint density at radius 2 is 2.31 bits per heavy atom. The van der Waals surface area contributed by atoms with Crippen LogP contribution in [0.4, 0.5) is 10.3 Å². The summed E-state index contributed by atoms with van der Waals surface area (Å²) in [4.78, 5) is 9.10. The van der Waals surface area contributed by atoms with E-state index in [-0.39, 0.29) is 5.82 Å². The van der Waals surface area contributed by atoms with Gasteiger partial charge in [0, 0.05) is 13.6 Å². The highest BCUT2D eigenvalue weighted by molar-refractivity contribution is 5.77. The van der Waals surface area contributed by atoms with Crippen molar-refractivity contribution in [2.45, 2.75) is 13.0 Å². The van der Waals surface area contributed by atoms with Crippen LogP contribution in [0.1, 0.15) is 6.92 Å². The average molecular weight is 223 g/mol. The van der Waals surface area contributed by atoms with Crippen LogP contribution in [0.25, 0.3) is 11.0 Å². The number of aromatic amines is 1. The van der Waals surface area contributed by atoms with Gasteiger partial charge in [-0.2, -0.15) is 0 Å². The van der Waals surface area contributed by atoms with Gasteiger partial charge in [0.1, 0.15) is 5.82 Å². The molecule has 1 heterocycles. The molecule has 0 aliphatic rings. The second-order valence-electron chi connectivity index (χ2n) is 3.95. The lowest BCUT2D eigenvalue weighted by Gasteiger charge is -2.17. The fourth-order valence-electron chi connectivity index (χ4n) is 1.63. The predicted molar refractivity (Wildman–Crippen MR) is 61.0 cm³/mol. The molecule has 0 saturated heterocycles. The van der Waals surface area contributed by atoms with E-state index in [2.05, 4.69) is 9.97 Å². The maximum atomic E-state index is 13.0. The van der Waals surface area contributed by atoms with E-state index in [4.69, 9.17) is 0 Å². The average Bonchev–Trinajstić information content (AvgIpc) is 2.59. The smallest absolute Gasteiger partial charge is 0.203 e. The van der Waals surface area contributed by atoms with Crippen molar-refractivity contribution >= 4 is 17.0 Å². The zero-order valence-electron chi connectivity index (χ0n) is 9.24. The number of likely N-dealkylation sites (N-methyl/N-ethyl adjacent to an activating group) is 1. The number of hydrogen-bond donors (Lipinski definition) is 2. The van der Waals surface area contributed by atoms with E-state index in [0.717, 1.165) is 0 Å². The number of aromatic nitrogens is 2. The topological polar surface area (TPSA) is 52.1 Å². The molecule has 0 saturated carbocycles. The molecule has 0 spiro atoms. The number of anilines is 1. The van der Waals surface area contributed by atoms with Crippen LogP contribution in [-0.4, -0.2) is 34.8 Å². The first-order valence-corrected chi connectivity index (χ1v) is 5.11. The Bertz CT molecular complexity index is 495. The molecule has 4 nitrogen and oxygen atoms in total. The molecule has 0 aliphatic carbocycles. The first-order chi connectivity index (χ1) is 7.56. The van der Waals surface area contributed by atoms with Gasteiger partial charge in [-0.1, -0.05) is 0 Å². The van der Waals surface area contributed by atoms with Crippen molar-refractivity contribution in [3.63, 3.8) is 0 Å². The standard InChI is InChI=1S/C11H14FN3O/c1-7(16)6-15(2)11-13-9-4-3-8(12)5-10(9)14-11/h3-5,7,16H,6H2,1-2H3,(H,13,14). The number of hydrogen-bond acceptors (Lipinski definition) is 3. The van der Waals surface area contributed by atoms with Gasteiger partial charge in [0.15, 0.2) is 0 Å². The molecule has 0 aliphatic heterocycles. The van der Waals surface area contributed by atoms with Gasteiger partial charge in [-0.25, -0.2) is 9.37 Å². The Morgan fingerprint density at radius 3 is 3.00 bits per heavy atom. The van der Waals surface area contributed by atoms with Crippen LogP contribution in [0.3, 0.4) is 0 Å². The number of aliphatic hydroxyl groups is 1. The van der Waals surface area contributed by atoms with Gasteiger partial charge in [-0.05, 0) is 25.1 Å². The zero-order chi connectivity index (χ0) is 11.7. The Balaban J connectivity index is 2.32. The lowest BCUT2D eigenvalue weighted by molar-refractivity contribution is 0.201. The minimum absolute atomic E-state index is 0.291. The Morgan fingerprint density at radius 1 is 1.56 bits per heavy atom. The summed E-state index contributed by atoms with van der Waals surface area (Å²) in [5.74, 6) is 0.336. The van der Waals surface area contributed by atoms with Crippen molar-refractivity contribution in [1.29, 1.82) is 0 Å². The number of aliphatic hydroxyl groups excluding tert-OH is 1. The van der Waals surface area contributed by atoms with E-state index in [1.54, 1.807) is 17.9 Å². The number of nitrogens with one attached hydrogen (secondary N) is 1. The maximum Gasteiger partial charge on any atom is 0.203 e. The fourth-order valence-corrected chi connectivity index (χ4v) is 1.63. The normalized spacial score (nSPS) is 13.0. The predicted octanol–water partition coefficient (Wildman–Crippen LogP) is 1.52. The molecule has 1 atom stereocenters. The highest BCUT2D eigenvalue weighted by Crippen LogP contribution is 2.17. The molecule has 2 aromatic rings. The van der Waals surface area contributed by atoms with Gasteiger partial charge in [0.25, 0.3) is 0 Å². The van der Waals surface area contributed by atoms with Gasteiger partial charge in [-0.3, -0.25) is 0 Å². The Hall–Kier alpha value is -1.62. The lowest BCUT2D eigenvalue weighted by atomic mass is 10.3. The molecular formula is C11H14FN3O. The summed E-state index contributed by atoms with van der Waals surface area (Å²) in [5.41, 5.74) is 1.38. The highest BCUT2D eigenvalue weighted by atomic mass is 19.1. The van der Waals surface area contributed by atoms with Crippen LogP contribution in [0.2, 0.25) is 0 Å². The van der Waals surface area contributed by atoms with Crippen molar-refractivity contribution in [1.82, 2.24) is 9.97 Å². The third-order valence-electron chi connectivity index (χ3n) is 2.33. The third-order valence-corrected chi connectivity index (χ3v) is 2.33. The molecule has 1 aromatic heterocycles. The maximum absolute atomic E-state index is 13.0. The second kappa shape index (κ2) is 4.09. The number of halogens is 1. The van der Waals surface area contributed by atoms with Gasteiger partial charge in [-0.15, -0.1) is 0 Å². The molecule has 16 heavy (non-hydrogen) atoms. The number of nitrogens with zero attached hydrogens (tertiary/aromatic N) is 2. The quantitative estimate of drug-likeness (QED) is 0.829. The monoisotopic (exact) mass is 223 g/mol. The summed E-state index contributed by atoms with van der Waals surface area (Å²) in [7, 11) is 1.82. The van der Waals surface area contributed by atoms with Crippen molar-refractivity contribution in [3.8, 4) is 0 Å². The molecule has 0 bridgehead atoms. The van der Waals surface area contributed by atoms with Crippen LogP contribution < -0.4 is 4.90 Å². The van der Waals surface area contributed by atoms with E-state index in [9.17, 15) is 9.50 Å². The summed E-state index contributed by atoms with van der Waals surface area (Å²) in [5, 5.41) is 9.26. The molecule has 2 rings (SSSR count). The van der Waals surface area contributed by atoms with Crippen molar-refractivity contribution in [3.05, 3.63) is 24.0 Å². The molecule has 0 radical (unpaired) electrons. The van der Waals surface area contributed by atoms with Gasteiger partial charge >= 0.3 is 0 Å². The van der Waals surface area contributed by atoms with Crippen LogP contribution in [-0.2, 0) is 0 Å². The Kier molecular flexibility index (Phi) is 2.78. The molecular weight excluding hydrogens is 209 g/mol. The summed E-state index contributed by atoms with van der Waals surface area (Å²) >= 11 is 0. The number of rotatable bonds is 3. The molecule has 0 fully saturated rings. The van der Waals surface area contributed by atoms with E-state index in [1.807, 2.05) is 7.05 Å². The van der Waals surface area contributed by atoms with E-state index >= 15 is 0 Å². The minimum Gasteiger partial charge on any atom is -0.392 e. The van der Waals surface area contributed by atoms with E-state index < -0.39 is 6.10 Å². The van der Waals surface area contributed by atoms with Gasteiger partial charge in [0.2, 0.25) is 5.95 Å². The third kappa shape index (κ3) is 2.14. The summed E-state index contributed by atoms with van der Waals surface area (Å²) < 4.78 is 13.0. The molecule has 1 unspecified atom stereocenters. The Labute approximate surface area is 92.7 Å². The first kappa shape index (κ1) is 10.9. The summed E-state index contributed by atoms with van der Waals surface area (Å²) in [6.45, 7) is 2.18. The number of benzene rings is 1. The number of H-pyrrole nitrogens is 1. The largest absolute Gasteiger partial charge is 0.392 e. The minimum atomic E-state index is -0.435. The fraction of sp³-hybridized carbons (Fsp3) is 0.364. The van der Waals surface area contributed by atoms with Crippen molar-refractivity contribution < 1.29 is 9.50 Å². The van der Waals surface area contributed by atoms with Gasteiger partial charge in [0.05, 0.1) is 17.1 Å². The molecule has 5 heteroatoms. The number of fused-ring (bicyclic) bond motifs is 1. The lowest BCUT2D eigenvalue weighted by Crippen LogP contribution is -2.27. The molecule has 2 N–H and O–H groups in total. The zero-order valence-corrected chi connectivity index (χ0v) is 9.24. The molecule has 1 aromatic carbocycles. The SMILES string of the molecule is CC(O)CN(C)c1nc2ccc(F)cc2[nH]1. The van der Waals surface area contributed by atoms with E-state index in [0.29, 0.717) is 23.5 Å². The molecule has 86 valence electrons. The second-order valence-corrected chi connectivity index (χ2v) is 3.95. The summed E-state index contributed by atoms with van der Waals surface area (Å²) in [6.07, 6.45) is -0.435. The van der Waals surface area contributed by atoms with Gasteiger partial charge < -0.3 is 15.0 Å². The highest BCUT2D eigenvalue weighted by Gasteiger charge is 2.09. The van der Waals surface area contributed by atoms with Crippen LogP contribution in [0.15, 0.2) is 18.2 Å². The van der Waals surface area contributed by atoms with E-state index in [1.165, 1.54) is 12.1 Å². The van der Waals surface area contributed by atoms with Crippen LogP contribution >= 0.6 is 0 Å². The van der Waals surface area contributed by atoms with Crippen molar-refractivity contribution in [2.75, 3.05) is 18.5 Å². The first-order valence-electron chi connectivity index (χ1n) is 5.11. The van der Waals surface area contributed by atoms with Crippen LogP contribution in [0, 0.1) is 5.82 Å². The summed E-state index contributed by atoms with van der Waals surface area (Å²) in [6, 6.07) is 4.41. The molecule has 0 amide bonds.